The van der Waals surface area contributed by atoms with Gasteiger partial charge in [0.15, 0.2) is 5.11 Å². The van der Waals surface area contributed by atoms with Crippen LogP contribution in [0.3, 0.4) is 0 Å². The molecule has 1 N–H and O–H groups in total. The van der Waals surface area contributed by atoms with E-state index in [1.165, 1.54) is 12.1 Å². The van der Waals surface area contributed by atoms with Gasteiger partial charge in [-0.05, 0) is 73.2 Å². The van der Waals surface area contributed by atoms with Crippen LogP contribution in [0.15, 0.2) is 83.4 Å². The Morgan fingerprint density at radius 2 is 1.91 bits per heavy atom. The molecule has 1 aliphatic rings. The molecule has 5 rings (SSSR count). The lowest BCUT2D eigenvalue weighted by Crippen LogP contribution is -2.29. The van der Waals surface area contributed by atoms with Crippen LogP contribution in [0, 0.1) is 22.9 Å². The first kappa shape index (κ1) is 21.7. The van der Waals surface area contributed by atoms with Crippen LogP contribution in [0.1, 0.15) is 29.1 Å². The fourth-order valence-corrected chi connectivity index (χ4v) is 4.54. The van der Waals surface area contributed by atoms with Crippen LogP contribution in [-0.2, 0) is 0 Å². The molecule has 9 heteroatoms. The van der Waals surface area contributed by atoms with Crippen LogP contribution < -0.4 is 10.2 Å². The van der Waals surface area contributed by atoms with Gasteiger partial charge < -0.3 is 14.6 Å². The fraction of sp³-hybridized carbons (Fsp3) is 0.120. The van der Waals surface area contributed by atoms with Crippen molar-refractivity contribution in [2.75, 3.05) is 4.90 Å². The summed E-state index contributed by atoms with van der Waals surface area (Å²) in [7, 11) is 0. The topological polar surface area (TPSA) is 84.4 Å². The number of aromatic nitrogens is 1. The number of anilines is 1. The Labute approximate surface area is 200 Å². The zero-order valence-electron chi connectivity index (χ0n) is 18.0. The van der Waals surface area contributed by atoms with Gasteiger partial charge in [-0.2, -0.15) is 0 Å². The lowest BCUT2D eigenvalue weighted by Gasteiger charge is -2.26. The number of rotatable bonds is 5. The van der Waals surface area contributed by atoms with E-state index in [1.807, 2.05) is 23.1 Å². The van der Waals surface area contributed by atoms with Gasteiger partial charge in [-0.1, -0.05) is 18.2 Å². The highest BCUT2D eigenvalue weighted by molar-refractivity contribution is 7.80. The number of pyridine rings is 1. The summed E-state index contributed by atoms with van der Waals surface area (Å²) in [6.07, 6.45) is 1.70. The van der Waals surface area contributed by atoms with Gasteiger partial charge in [0.05, 0.1) is 22.2 Å². The van der Waals surface area contributed by atoms with Crippen molar-refractivity contribution < 1.29 is 13.7 Å². The Bertz CT molecular complexity index is 1390. The second-order valence-corrected chi connectivity index (χ2v) is 8.29. The number of thiocarbonyl (C=S) groups is 1. The second kappa shape index (κ2) is 8.68. The van der Waals surface area contributed by atoms with Gasteiger partial charge >= 0.3 is 0 Å². The van der Waals surface area contributed by atoms with Crippen LogP contribution in [0.25, 0.3) is 11.3 Å². The molecule has 0 radical (unpaired) electrons. The SMILES string of the molecule is Cc1cc(N2C(=S)N[C@H](c3ccccn3)[C@H]2c2ccc(-c3ccccc3[N+](=O)[O-])o2)ccc1F. The third-order valence-corrected chi connectivity index (χ3v) is 6.12. The number of furan rings is 1. The first-order valence-corrected chi connectivity index (χ1v) is 10.9. The summed E-state index contributed by atoms with van der Waals surface area (Å²) in [4.78, 5) is 17.4. The second-order valence-electron chi connectivity index (χ2n) is 7.91. The minimum absolute atomic E-state index is 0.0456. The molecular weight excluding hydrogens is 455 g/mol. The van der Waals surface area contributed by atoms with Crippen LogP contribution in [0.2, 0.25) is 0 Å². The molecule has 0 bridgehead atoms. The highest BCUT2D eigenvalue weighted by Crippen LogP contribution is 2.43. The Balaban J connectivity index is 1.63. The fourth-order valence-electron chi connectivity index (χ4n) is 4.20. The summed E-state index contributed by atoms with van der Waals surface area (Å²) in [5, 5.41) is 15.3. The highest BCUT2D eigenvalue weighted by atomic mass is 32.1. The Morgan fingerprint density at radius 3 is 2.65 bits per heavy atom. The number of nitrogens with zero attached hydrogens (tertiary/aromatic N) is 3. The number of hydrogen-bond donors (Lipinski definition) is 1. The molecule has 170 valence electrons. The third kappa shape index (κ3) is 3.80. The van der Waals surface area contributed by atoms with Crippen molar-refractivity contribution in [3.63, 3.8) is 0 Å². The van der Waals surface area contributed by atoms with Gasteiger partial charge in [0, 0.05) is 18.0 Å². The van der Waals surface area contributed by atoms with Crippen molar-refractivity contribution in [3.05, 3.63) is 112 Å². The molecule has 1 saturated heterocycles. The van der Waals surface area contributed by atoms with E-state index in [4.69, 9.17) is 16.6 Å². The molecule has 0 aliphatic carbocycles. The van der Waals surface area contributed by atoms with Gasteiger partial charge in [-0.25, -0.2) is 4.39 Å². The van der Waals surface area contributed by atoms with Crippen molar-refractivity contribution in [2.24, 2.45) is 0 Å². The molecule has 0 saturated carbocycles. The van der Waals surface area contributed by atoms with Crippen LogP contribution in [0.4, 0.5) is 15.8 Å². The number of aryl methyl sites for hydroxylation is 1. The van der Waals surface area contributed by atoms with E-state index in [-0.39, 0.29) is 17.5 Å². The summed E-state index contributed by atoms with van der Waals surface area (Å²) in [5.74, 6) is 0.601. The van der Waals surface area contributed by atoms with Crippen molar-refractivity contribution in [3.8, 4) is 11.3 Å². The zero-order chi connectivity index (χ0) is 23.8. The Kier molecular flexibility index (Phi) is 5.54. The minimum Gasteiger partial charge on any atom is -0.459 e. The summed E-state index contributed by atoms with van der Waals surface area (Å²) in [6, 6.07) is 19.5. The number of para-hydroxylation sites is 1. The van der Waals surface area contributed by atoms with E-state index >= 15 is 0 Å². The standard InChI is InChI=1S/C25H19FN4O3S/c1-15-14-16(9-10-18(15)26)29-24(23(28-25(29)34)19-7-4-5-13-27-19)22-12-11-21(33-22)17-6-2-3-8-20(17)30(31)32/h2-14,23-24H,1H3,(H,28,34)/t23-,24-/m1/s1. The van der Waals surface area contributed by atoms with Crippen molar-refractivity contribution in [1.82, 2.24) is 10.3 Å². The lowest BCUT2D eigenvalue weighted by molar-refractivity contribution is -0.384. The number of nitro groups is 1. The molecule has 1 aliphatic heterocycles. The first-order chi connectivity index (χ1) is 16.4. The van der Waals surface area contributed by atoms with Crippen molar-refractivity contribution in [2.45, 2.75) is 19.0 Å². The number of nitrogens with one attached hydrogen (secondary N) is 1. The molecule has 2 aromatic heterocycles. The Morgan fingerprint density at radius 1 is 1.12 bits per heavy atom. The number of benzene rings is 2. The quantitative estimate of drug-likeness (QED) is 0.220. The van der Waals surface area contributed by atoms with Gasteiger partial charge in [0.2, 0.25) is 0 Å². The summed E-state index contributed by atoms with van der Waals surface area (Å²) in [6.45, 7) is 1.69. The molecule has 7 nitrogen and oxygen atoms in total. The van der Waals surface area contributed by atoms with Crippen LogP contribution in [0.5, 0.6) is 0 Å². The van der Waals surface area contributed by atoms with E-state index < -0.39 is 11.0 Å². The lowest BCUT2D eigenvalue weighted by atomic mass is 10.0. The Hall–Kier alpha value is -4.11. The van der Waals surface area contributed by atoms with Gasteiger partial charge in [-0.3, -0.25) is 15.1 Å². The normalized spacial score (nSPS) is 17.6. The molecule has 2 aromatic carbocycles. The molecule has 3 heterocycles. The monoisotopic (exact) mass is 474 g/mol. The minimum atomic E-state index is -0.455. The maximum absolute atomic E-state index is 14.0. The van der Waals surface area contributed by atoms with Crippen LogP contribution >= 0.6 is 12.2 Å². The maximum atomic E-state index is 14.0. The van der Waals surface area contributed by atoms with Crippen LogP contribution in [-0.4, -0.2) is 15.0 Å². The predicted molar refractivity (Wildman–Crippen MR) is 130 cm³/mol. The number of hydrogen-bond acceptors (Lipinski definition) is 5. The maximum Gasteiger partial charge on any atom is 0.280 e. The van der Waals surface area contributed by atoms with E-state index in [2.05, 4.69) is 10.3 Å². The first-order valence-electron chi connectivity index (χ1n) is 10.5. The molecule has 4 aromatic rings. The summed E-state index contributed by atoms with van der Waals surface area (Å²) in [5.41, 5.74) is 2.27. The highest BCUT2D eigenvalue weighted by Gasteiger charge is 2.42. The molecule has 0 spiro atoms. The summed E-state index contributed by atoms with van der Waals surface area (Å²) < 4.78 is 20.2. The molecule has 1 fully saturated rings. The average Bonchev–Trinajstić information content (AvgIpc) is 3.46. The van der Waals surface area contributed by atoms with E-state index in [9.17, 15) is 14.5 Å². The number of nitro benzene ring substituents is 1. The van der Waals surface area contributed by atoms with E-state index in [0.29, 0.717) is 33.4 Å². The third-order valence-electron chi connectivity index (χ3n) is 5.80. The predicted octanol–water partition coefficient (Wildman–Crippen LogP) is 5.87. The molecule has 34 heavy (non-hydrogen) atoms. The zero-order valence-corrected chi connectivity index (χ0v) is 18.8. The largest absolute Gasteiger partial charge is 0.459 e. The van der Waals surface area contributed by atoms with Crippen molar-refractivity contribution in [1.29, 1.82) is 0 Å². The van der Waals surface area contributed by atoms with Gasteiger partial charge in [-0.15, -0.1) is 0 Å². The van der Waals surface area contributed by atoms with Crippen molar-refractivity contribution >= 4 is 28.7 Å². The molecule has 0 unspecified atom stereocenters. The molecular formula is C25H19FN4O3S. The van der Waals surface area contributed by atoms with Gasteiger partial charge in [0.25, 0.3) is 5.69 Å². The number of halogens is 1. The molecule has 0 amide bonds. The van der Waals surface area contributed by atoms with Gasteiger partial charge in [0.1, 0.15) is 23.4 Å². The van der Waals surface area contributed by atoms with E-state index in [0.717, 1.165) is 5.69 Å². The molecule has 2 atom stereocenters. The summed E-state index contributed by atoms with van der Waals surface area (Å²) >= 11 is 5.67. The average molecular weight is 475 g/mol. The van der Waals surface area contributed by atoms with E-state index in [1.54, 1.807) is 55.6 Å². The smallest absolute Gasteiger partial charge is 0.280 e.